The summed E-state index contributed by atoms with van der Waals surface area (Å²) in [5, 5.41) is 0. The average Bonchev–Trinajstić information content (AvgIpc) is 2.38. The Morgan fingerprint density at radius 2 is 2.11 bits per heavy atom. The molecule has 0 aromatic carbocycles. The van der Waals surface area contributed by atoms with Crippen molar-refractivity contribution < 1.29 is 14.3 Å². The molecule has 1 heterocycles. The summed E-state index contributed by atoms with van der Waals surface area (Å²) in [6.07, 6.45) is 2.54. The van der Waals surface area contributed by atoms with Gasteiger partial charge in [-0.25, -0.2) is 0 Å². The van der Waals surface area contributed by atoms with Gasteiger partial charge in [-0.15, -0.1) is 12.4 Å². The Kier molecular flexibility index (Phi) is 10.2. The van der Waals surface area contributed by atoms with E-state index in [0.717, 1.165) is 19.4 Å². The van der Waals surface area contributed by atoms with Gasteiger partial charge in [0, 0.05) is 26.2 Å². The molecule has 1 fully saturated rings. The van der Waals surface area contributed by atoms with E-state index >= 15 is 0 Å². The second-order valence-electron chi connectivity index (χ2n) is 4.96. The third-order valence-corrected chi connectivity index (χ3v) is 3.46. The van der Waals surface area contributed by atoms with Gasteiger partial charge in [0.1, 0.15) is 0 Å². The van der Waals surface area contributed by atoms with Gasteiger partial charge in [0.05, 0.1) is 26.2 Å². The molecule has 114 valence electrons. The fourth-order valence-electron chi connectivity index (χ4n) is 2.35. The van der Waals surface area contributed by atoms with Crippen LogP contribution in [0, 0.1) is 5.92 Å². The summed E-state index contributed by atoms with van der Waals surface area (Å²) >= 11 is 0. The molecule has 0 aromatic heterocycles. The molecule has 2 unspecified atom stereocenters. The molecule has 0 spiro atoms. The fraction of sp³-hybridized carbons (Fsp3) is 0.923. The highest BCUT2D eigenvalue weighted by atomic mass is 35.5. The number of carbonyl (C=O) groups is 1. The van der Waals surface area contributed by atoms with E-state index in [4.69, 9.17) is 15.2 Å². The van der Waals surface area contributed by atoms with Crippen molar-refractivity contribution >= 4 is 18.3 Å². The molecule has 0 saturated carbocycles. The van der Waals surface area contributed by atoms with Crippen LogP contribution in [0.4, 0.5) is 0 Å². The zero-order chi connectivity index (χ0) is 13.4. The molecule has 1 saturated heterocycles. The van der Waals surface area contributed by atoms with Crippen LogP contribution in [0.1, 0.15) is 26.2 Å². The van der Waals surface area contributed by atoms with Gasteiger partial charge < -0.3 is 20.1 Å². The second-order valence-corrected chi connectivity index (χ2v) is 4.96. The summed E-state index contributed by atoms with van der Waals surface area (Å²) in [5.74, 6) is 0.829. The number of likely N-dealkylation sites (tertiary alicyclic amines) is 1. The van der Waals surface area contributed by atoms with Crippen LogP contribution in [0.2, 0.25) is 0 Å². The molecule has 19 heavy (non-hydrogen) atoms. The van der Waals surface area contributed by atoms with Crippen molar-refractivity contribution in [2.75, 3.05) is 40.0 Å². The van der Waals surface area contributed by atoms with Gasteiger partial charge in [0.25, 0.3) is 0 Å². The molecule has 5 nitrogen and oxygen atoms in total. The number of amides is 1. The Hall–Kier alpha value is -0.360. The van der Waals surface area contributed by atoms with E-state index in [9.17, 15) is 4.79 Å². The number of rotatable bonds is 7. The number of carbonyl (C=O) groups excluding carboxylic acids is 1. The molecule has 2 atom stereocenters. The Bertz CT molecular complexity index is 254. The number of piperidine rings is 1. The molecule has 6 heteroatoms. The number of hydrogen-bond acceptors (Lipinski definition) is 4. The number of methoxy groups -OCH3 is 1. The predicted octanol–water partition coefficient (Wildman–Crippen LogP) is 1.05. The van der Waals surface area contributed by atoms with E-state index in [-0.39, 0.29) is 24.4 Å². The number of halogens is 1. The van der Waals surface area contributed by atoms with Crippen molar-refractivity contribution in [2.24, 2.45) is 11.7 Å². The lowest BCUT2D eigenvalue weighted by Gasteiger charge is -2.38. The summed E-state index contributed by atoms with van der Waals surface area (Å²) in [5.41, 5.74) is 5.75. The largest absolute Gasteiger partial charge is 0.382 e. The lowest BCUT2D eigenvalue weighted by Crippen LogP contribution is -2.49. The molecule has 0 radical (unpaired) electrons. The number of nitrogens with zero attached hydrogens (tertiary/aromatic N) is 1. The van der Waals surface area contributed by atoms with E-state index in [2.05, 4.69) is 6.92 Å². The lowest BCUT2D eigenvalue weighted by molar-refractivity contribution is -0.136. The standard InChI is InChI=1S/C13H26N2O3.ClH/c1-11-3-5-15(12(9-11)10-14)13(16)4-6-18-8-7-17-2;/h11-12H,3-10,14H2,1-2H3;1H. The van der Waals surface area contributed by atoms with Crippen molar-refractivity contribution in [1.29, 1.82) is 0 Å². The first-order valence-electron chi connectivity index (χ1n) is 6.75. The van der Waals surface area contributed by atoms with Crippen molar-refractivity contribution in [3.05, 3.63) is 0 Å². The Morgan fingerprint density at radius 3 is 2.74 bits per heavy atom. The molecular weight excluding hydrogens is 268 g/mol. The highest BCUT2D eigenvalue weighted by Gasteiger charge is 2.28. The molecule has 0 bridgehead atoms. The van der Waals surface area contributed by atoms with Crippen molar-refractivity contribution in [2.45, 2.75) is 32.2 Å². The molecule has 0 aromatic rings. The van der Waals surface area contributed by atoms with Crippen LogP contribution in [0.15, 0.2) is 0 Å². The van der Waals surface area contributed by atoms with Crippen molar-refractivity contribution in [1.82, 2.24) is 4.90 Å². The predicted molar refractivity (Wildman–Crippen MR) is 77.5 cm³/mol. The van der Waals surface area contributed by atoms with Gasteiger partial charge in [0.15, 0.2) is 0 Å². The number of nitrogens with two attached hydrogens (primary N) is 1. The maximum atomic E-state index is 12.1. The quantitative estimate of drug-likeness (QED) is 0.713. The van der Waals surface area contributed by atoms with Crippen LogP contribution < -0.4 is 5.73 Å². The number of ether oxygens (including phenoxy) is 2. The topological polar surface area (TPSA) is 64.8 Å². The Morgan fingerprint density at radius 1 is 1.37 bits per heavy atom. The highest BCUT2D eigenvalue weighted by molar-refractivity contribution is 5.85. The van der Waals surface area contributed by atoms with Crippen LogP contribution >= 0.6 is 12.4 Å². The first-order chi connectivity index (χ1) is 8.69. The van der Waals surface area contributed by atoms with Crippen molar-refractivity contribution in [3.63, 3.8) is 0 Å². The first-order valence-corrected chi connectivity index (χ1v) is 6.75. The Balaban J connectivity index is 0.00000324. The van der Waals surface area contributed by atoms with E-state index in [1.165, 1.54) is 0 Å². The molecule has 1 aliphatic rings. The van der Waals surface area contributed by atoms with Crippen LogP contribution in [0.3, 0.4) is 0 Å². The van der Waals surface area contributed by atoms with Crippen molar-refractivity contribution in [3.8, 4) is 0 Å². The summed E-state index contributed by atoms with van der Waals surface area (Å²) in [4.78, 5) is 14.0. The van der Waals surface area contributed by atoms with Gasteiger partial charge in [-0.05, 0) is 18.8 Å². The second kappa shape index (κ2) is 10.4. The van der Waals surface area contributed by atoms with Crippen LogP contribution in [0.5, 0.6) is 0 Å². The van der Waals surface area contributed by atoms with Crippen LogP contribution in [-0.4, -0.2) is 56.9 Å². The van der Waals surface area contributed by atoms with Gasteiger partial charge in [0.2, 0.25) is 5.91 Å². The maximum absolute atomic E-state index is 12.1. The summed E-state index contributed by atoms with van der Waals surface area (Å²) in [6, 6.07) is 0.209. The zero-order valence-electron chi connectivity index (χ0n) is 12.0. The smallest absolute Gasteiger partial charge is 0.225 e. The summed E-state index contributed by atoms with van der Waals surface area (Å²) in [6.45, 7) is 5.19. The minimum absolute atomic E-state index is 0. The van der Waals surface area contributed by atoms with Gasteiger partial charge in [-0.3, -0.25) is 4.79 Å². The van der Waals surface area contributed by atoms with E-state index in [0.29, 0.717) is 38.7 Å². The molecule has 1 amide bonds. The fourth-order valence-corrected chi connectivity index (χ4v) is 2.35. The number of hydrogen-bond donors (Lipinski definition) is 1. The highest BCUT2D eigenvalue weighted by Crippen LogP contribution is 2.22. The maximum Gasteiger partial charge on any atom is 0.225 e. The third-order valence-electron chi connectivity index (χ3n) is 3.46. The summed E-state index contributed by atoms with van der Waals surface area (Å²) in [7, 11) is 1.63. The zero-order valence-corrected chi connectivity index (χ0v) is 12.8. The minimum Gasteiger partial charge on any atom is -0.382 e. The summed E-state index contributed by atoms with van der Waals surface area (Å²) < 4.78 is 10.2. The van der Waals surface area contributed by atoms with E-state index < -0.39 is 0 Å². The Labute approximate surface area is 122 Å². The van der Waals surface area contributed by atoms with Crippen LogP contribution in [-0.2, 0) is 14.3 Å². The molecule has 1 rings (SSSR count). The van der Waals surface area contributed by atoms with E-state index in [1.54, 1.807) is 7.11 Å². The molecular formula is C13H27ClN2O3. The van der Waals surface area contributed by atoms with Gasteiger partial charge in [-0.2, -0.15) is 0 Å². The minimum atomic E-state index is 0. The molecule has 2 N–H and O–H groups in total. The van der Waals surface area contributed by atoms with Crippen LogP contribution in [0.25, 0.3) is 0 Å². The molecule has 0 aliphatic carbocycles. The van der Waals surface area contributed by atoms with E-state index in [1.807, 2.05) is 4.90 Å². The van der Waals surface area contributed by atoms with Gasteiger partial charge >= 0.3 is 0 Å². The van der Waals surface area contributed by atoms with Gasteiger partial charge in [-0.1, -0.05) is 6.92 Å². The average molecular weight is 295 g/mol. The normalized spacial score (nSPS) is 23.0. The lowest BCUT2D eigenvalue weighted by atomic mass is 9.92. The first kappa shape index (κ1) is 18.6. The molecule has 1 aliphatic heterocycles. The third kappa shape index (κ3) is 6.56. The SMILES string of the molecule is COCCOCCC(=O)N1CCC(C)CC1CN.Cl. The monoisotopic (exact) mass is 294 g/mol.